The Hall–Kier alpha value is -3.24. The molecule has 0 bridgehead atoms. The van der Waals surface area contributed by atoms with E-state index in [1.165, 1.54) is 11.0 Å². The number of nitrogens with zero attached hydrogens (tertiary/aromatic N) is 2. The fourth-order valence-corrected chi connectivity index (χ4v) is 6.46. The molecule has 1 atom stereocenters. The van der Waals surface area contributed by atoms with Crippen molar-refractivity contribution in [1.82, 2.24) is 10.2 Å². The van der Waals surface area contributed by atoms with E-state index in [9.17, 15) is 22.4 Å². The summed E-state index contributed by atoms with van der Waals surface area (Å²) in [7, 11) is -3.89. The maximum Gasteiger partial charge on any atom is 0.244 e. The van der Waals surface area contributed by atoms with E-state index in [-0.39, 0.29) is 30.5 Å². The van der Waals surface area contributed by atoms with Crippen molar-refractivity contribution in [1.29, 1.82) is 0 Å². The van der Waals surface area contributed by atoms with E-state index in [0.29, 0.717) is 10.2 Å². The molecule has 0 saturated heterocycles. The molecule has 7 nitrogen and oxygen atoms in total. The second-order valence-electron chi connectivity index (χ2n) is 10.0. The van der Waals surface area contributed by atoms with Crippen LogP contribution in [0.3, 0.4) is 0 Å². The number of benzene rings is 3. The molecule has 4 rings (SSSR count). The number of nitrogens with one attached hydrogen (secondary N) is 1. The molecule has 0 heterocycles. The number of anilines is 1. The Morgan fingerprint density at radius 2 is 1.60 bits per heavy atom. The monoisotopic (exact) mass is 629 g/mol. The summed E-state index contributed by atoms with van der Waals surface area (Å²) in [4.78, 5) is 29.2. The van der Waals surface area contributed by atoms with E-state index in [2.05, 4.69) is 21.2 Å². The van der Waals surface area contributed by atoms with Gasteiger partial charge in [0.15, 0.2) is 0 Å². The maximum absolute atomic E-state index is 14.9. The van der Waals surface area contributed by atoms with Gasteiger partial charge in [0.1, 0.15) is 18.4 Å². The van der Waals surface area contributed by atoms with Crippen molar-refractivity contribution in [3.05, 3.63) is 100 Å². The summed E-state index contributed by atoms with van der Waals surface area (Å²) in [5.74, 6) is -1.47. The van der Waals surface area contributed by atoms with Gasteiger partial charge in [-0.25, -0.2) is 12.8 Å². The van der Waals surface area contributed by atoms with Crippen LogP contribution in [-0.4, -0.2) is 50.0 Å². The summed E-state index contributed by atoms with van der Waals surface area (Å²) < 4.78 is 42.1. The van der Waals surface area contributed by atoms with Crippen molar-refractivity contribution in [3.63, 3.8) is 0 Å². The Bertz CT molecular complexity index is 1430. The zero-order chi connectivity index (χ0) is 28.7. The Morgan fingerprint density at radius 1 is 0.975 bits per heavy atom. The van der Waals surface area contributed by atoms with Crippen LogP contribution in [0, 0.1) is 5.82 Å². The van der Waals surface area contributed by atoms with Gasteiger partial charge >= 0.3 is 0 Å². The molecule has 2 amide bonds. The Labute approximate surface area is 243 Å². The van der Waals surface area contributed by atoms with Crippen LogP contribution in [0.2, 0.25) is 0 Å². The van der Waals surface area contributed by atoms with Crippen molar-refractivity contribution < 1.29 is 22.4 Å². The maximum atomic E-state index is 14.9. The second-order valence-corrected chi connectivity index (χ2v) is 12.8. The first-order chi connectivity index (χ1) is 19.1. The third-order valence-electron chi connectivity index (χ3n) is 7.07. The molecule has 40 heavy (non-hydrogen) atoms. The van der Waals surface area contributed by atoms with Crippen LogP contribution in [0.4, 0.5) is 10.1 Å². The molecule has 1 aliphatic rings. The van der Waals surface area contributed by atoms with E-state index < -0.39 is 34.3 Å². The zero-order valence-corrected chi connectivity index (χ0v) is 24.7. The fourth-order valence-electron chi connectivity index (χ4n) is 4.98. The Morgan fingerprint density at radius 3 is 2.25 bits per heavy atom. The van der Waals surface area contributed by atoms with Gasteiger partial charge in [0.25, 0.3) is 0 Å². The van der Waals surface area contributed by atoms with E-state index >= 15 is 0 Å². The molecule has 3 aromatic carbocycles. The van der Waals surface area contributed by atoms with Crippen LogP contribution >= 0.6 is 15.9 Å². The van der Waals surface area contributed by atoms with Gasteiger partial charge in [-0.2, -0.15) is 0 Å². The normalized spacial score (nSPS) is 14.5. The minimum Gasteiger partial charge on any atom is -0.352 e. The second kappa shape index (κ2) is 13.4. The van der Waals surface area contributed by atoms with Gasteiger partial charge in [-0.1, -0.05) is 73.5 Å². The van der Waals surface area contributed by atoms with E-state index in [1.54, 1.807) is 42.5 Å². The summed E-state index contributed by atoms with van der Waals surface area (Å²) in [5, 5.41) is 3.09. The Kier molecular flexibility index (Phi) is 9.97. The lowest BCUT2D eigenvalue weighted by molar-refractivity contribution is -0.140. The van der Waals surface area contributed by atoms with Crippen LogP contribution in [0.5, 0.6) is 0 Å². The van der Waals surface area contributed by atoms with Crippen molar-refractivity contribution in [3.8, 4) is 0 Å². The lowest BCUT2D eigenvalue weighted by Crippen LogP contribution is -2.54. The highest BCUT2D eigenvalue weighted by molar-refractivity contribution is 9.10. The molecule has 10 heteroatoms. The minimum absolute atomic E-state index is 0.00368. The molecule has 1 aliphatic carbocycles. The molecule has 0 unspecified atom stereocenters. The highest BCUT2D eigenvalue weighted by atomic mass is 79.9. The standard InChI is InChI=1S/C30H33BrFN3O4S/c1-40(38,39)35(27-18-10-8-16-25(27)31)21-29(36)34(20-23-13-5-9-17-26(23)32)28(19-22-11-3-2-4-12-22)30(37)33-24-14-6-7-15-24/h2-5,8-13,16-18,24,28H,6-7,14-15,19-21H2,1H3,(H,33,37)/t28-/m0/s1. The van der Waals surface area contributed by atoms with E-state index in [0.717, 1.165) is 41.8 Å². The Balaban J connectivity index is 1.74. The quantitative estimate of drug-likeness (QED) is 0.321. The number of para-hydroxylation sites is 1. The van der Waals surface area contributed by atoms with Gasteiger partial charge in [-0.3, -0.25) is 13.9 Å². The van der Waals surface area contributed by atoms with Crippen LogP contribution in [0.25, 0.3) is 0 Å². The molecule has 3 aromatic rings. The molecule has 0 aliphatic heterocycles. The van der Waals surface area contributed by atoms with Gasteiger partial charge in [0.2, 0.25) is 21.8 Å². The first-order valence-electron chi connectivity index (χ1n) is 13.2. The lowest BCUT2D eigenvalue weighted by atomic mass is 10.0. The van der Waals surface area contributed by atoms with Crippen LogP contribution in [-0.2, 0) is 32.6 Å². The largest absolute Gasteiger partial charge is 0.352 e. The van der Waals surface area contributed by atoms with Gasteiger partial charge in [-0.05, 0) is 52.5 Å². The topological polar surface area (TPSA) is 86.8 Å². The zero-order valence-electron chi connectivity index (χ0n) is 22.3. The number of rotatable bonds is 11. The minimum atomic E-state index is -3.89. The fraction of sp³-hybridized carbons (Fsp3) is 0.333. The number of halogens is 2. The van der Waals surface area contributed by atoms with Crippen molar-refractivity contribution >= 4 is 43.5 Å². The number of carbonyl (C=O) groups excluding carboxylic acids is 2. The van der Waals surface area contributed by atoms with Crippen molar-refractivity contribution in [2.75, 3.05) is 17.1 Å². The SMILES string of the molecule is CS(=O)(=O)N(CC(=O)N(Cc1ccccc1F)[C@@H](Cc1ccccc1)C(=O)NC1CCCC1)c1ccccc1Br. The molecular weight excluding hydrogens is 597 g/mol. The molecule has 1 N–H and O–H groups in total. The third-order valence-corrected chi connectivity index (χ3v) is 8.87. The number of hydrogen-bond donors (Lipinski definition) is 1. The van der Waals surface area contributed by atoms with Crippen molar-refractivity contribution in [2.24, 2.45) is 0 Å². The number of hydrogen-bond acceptors (Lipinski definition) is 4. The average Bonchev–Trinajstić information content (AvgIpc) is 3.43. The molecule has 1 saturated carbocycles. The predicted molar refractivity (Wildman–Crippen MR) is 158 cm³/mol. The molecule has 1 fully saturated rings. The lowest BCUT2D eigenvalue weighted by Gasteiger charge is -2.34. The summed E-state index contributed by atoms with van der Waals surface area (Å²) in [6.45, 7) is -0.757. The smallest absolute Gasteiger partial charge is 0.244 e. The third kappa shape index (κ3) is 7.69. The molecule has 212 valence electrons. The van der Waals surface area contributed by atoms with Crippen LogP contribution in [0.15, 0.2) is 83.3 Å². The predicted octanol–water partition coefficient (Wildman–Crippen LogP) is 5.05. The molecule has 0 aromatic heterocycles. The van der Waals surface area contributed by atoms with Crippen molar-refractivity contribution in [2.45, 2.75) is 50.7 Å². The van der Waals surface area contributed by atoms with E-state index in [4.69, 9.17) is 0 Å². The van der Waals surface area contributed by atoms with Gasteiger partial charge in [0.05, 0.1) is 11.9 Å². The summed E-state index contributed by atoms with van der Waals surface area (Å²) in [5.41, 5.74) is 1.35. The first kappa shape index (κ1) is 29.7. The molecular formula is C30H33BrFN3O4S. The highest BCUT2D eigenvalue weighted by Crippen LogP contribution is 2.28. The van der Waals surface area contributed by atoms with Crippen LogP contribution < -0.4 is 9.62 Å². The van der Waals surface area contributed by atoms with E-state index in [1.807, 2.05) is 30.3 Å². The summed E-state index contributed by atoms with van der Waals surface area (Å²) in [6, 6.07) is 21.1. The first-order valence-corrected chi connectivity index (χ1v) is 15.9. The summed E-state index contributed by atoms with van der Waals surface area (Å²) >= 11 is 3.38. The number of amides is 2. The average molecular weight is 631 g/mol. The van der Waals surface area contributed by atoms with Gasteiger partial charge in [0, 0.05) is 29.0 Å². The van der Waals surface area contributed by atoms with Crippen LogP contribution in [0.1, 0.15) is 36.8 Å². The molecule has 0 radical (unpaired) electrons. The van der Waals surface area contributed by atoms with Gasteiger partial charge < -0.3 is 10.2 Å². The number of carbonyl (C=O) groups is 2. The number of sulfonamides is 1. The summed E-state index contributed by atoms with van der Waals surface area (Å²) in [6.07, 6.45) is 4.95. The van der Waals surface area contributed by atoms with Gasteiger partial charge in [-0.15, -0.1) is 0 Å². The highest BCUT2D eigenvalue weighted by Gasteiger charge is 2.34. The molecule has 0 spiro atoms.